The number of benzene rings is 3. The number of likely N-dealkylation sites (tertiary alicyclic amines) is 1. The third kappa shape index (κ3) is 13.7. The highest BCUT2D eigenvalue weighted by molar-refractivity contribution is 6.33. The molecule has 1 saturated heterocycles. The summed E-state index contributed by atoms with van der Waals surface area (Å²) in [6.45, 7) is 12.4. The van der Waals surface area contributed by atoms with Gasteiger partial charge < -0.3 is 35.6 Å². The lowest BCUT2D eigenvalue weighted by Crippen LogP contribution is -2.48. The normalized spacial score (nSPS) is 17.5. The van der Waals surface area contributed by atoms with Crippen LogP contribution in [0.25, 0.3) is 22.5 Å². The molecular formula is C46H58ClN9O7. The van der Waals surface area contributed by atoms with Gasteiger partial charge in [0, 0.05) is 65.4 Å². The van der Waals surface area contributed by atoms with Crippen molar-refractivity contribution in [2.24, 2.45) is 11.8 Å². The van der Waals surface area contributed by atoms with Gasteiger partial charge in [-0.3, -0.25) is 14.4 Å². The molecule has 3 aromatic carbocycles. The van der Waals surface area contributed by atoms with E-state index in [0.717, 1.165) is 35.1 Å². The number of nitrogens with one attached hydrogen (secondary N) is 5. The number of H-pyrrole nitrogens is 1. The molecule has 0 radical (unpaired) electrons. The van der Waals surface area contributed by atoms with Gasteiger partial charge in [0.2, 0.25) is 17.6 Å². The number of nitrogens with zero attached hydrogens (tertiary/aromatic N) is 4. The Kier molecular flexibility index (Phi) is 15.1. The van der Waals surface area contributed by atoms with Crippen LogP contribution < -0.4 is 21.3 Å². The van der Waals surface area contributed by atoms with Crippen molar-refractivity contribution in [2.75, 3.05) is 25.0 Å². The number of carbonyl (C=O) groups is 5. The van der Waals surface area contributed by atoms with E-state index in [-0.39, 0.29) is 48.1 Å². The summed E-state index contributed by atoms with van der Waals surface area (Å²) < 4.78 is 10.8. The van der Waals surface area contributed by atoms with Gasteiger partial charge >= 0.3 is 12.2 Å². The maximum absolute atomic E-state index is 13.9. The minimum atomic E-state index is -0.891. The molecule has 1 saturated carbocycles. The number of ether oxygens (including phenoxy) is 2. The first kappa shape index (κ1) is 46.5. The van der Waals surface area contributed by atoms with Gasteiger partial charge in [-0.25, -0.2) is 9.59 Å². The Morgan fingerprint density at radius 3 is 2.08 bits per heavy atom. The summed E-state index contributed by atoms with van der Waals surface area (Å²) in [6, 6.07) is 18.8. The van der Waals surface area contributed by atoms with Crippen molar-refractivity contribution in [2.45, 2.75) is 110 Å². The summed E-state index contributed by atoms with van der Waals surface area (Å²) in [5.74, 6) is -0.449. The standard InChI is InChI=1S/C46H58ClN9O7/c1-45(2,3)62-43(60)48-27-29-9-13-32(14-10-29)40(57)51-38(42(59)50-34-18-15-31(16-19-34)39-52-54-55-53-39)25-28-7-11-30(12-8-28)36-20-17-33(26-37(36)47)41(58)49-35-21-23-56(24-22-35)44(61)63-46(4,5)6/h7-8,11-12,15-20,26,29,32,35,38H,9-10,13-14,21-25,27H2,1-6H3,(H,48,60)(H,49,58)(H,50,59)(H,51,57)(H,52,53,54,55)/t29?,32?,38-/m0/s1. The van der Waals surface area contributed by atoms with Gasteiger partial charge in [0.25, 0.3) is 5.91 Å². The number of alkyl carbamates (subject to hydrolysis) is 1. The fraction of sp³-hybridized carbons (Fsp3) is 0.478. The number of piperidine rings is 1. The third-order valence-corrected chi connectivity index (χ3v) is 11.3. The Bertz CT molecular complexity index is 2210. The Hall–Kier alpha value is -6.03. The van der Waals surface area contributed by atoms with Crippen LogP contribution in [0.2, 0.25) is 5.02 Å². The van der Waals surface area contributed by atoms with Crippen molar-refractivity contribution < 1.29 is 33.4 Å². The first-order chi connectivity index (χ1) is 29.9. The average Bonchev–Trinajstić information content (AvgIpc) is 3.78. The van der Waals surface area contributed by atoms with Gasteiger partial charge in [-0.1, -0.05) is 41.9 Å². The van der Waals surface area contributed by atoms with E-state index in [0.29, 0.717) is 67.4 Å². The van der Waals surface area contributed by atoms with Gasteiger partial charge in [-0.05, 0) is 139 Å². The third-order valence-electron chi connectivity index (χ3n) is 11.0. The Morgan fingerprint density at radius 2 is 1.48 bits per heavy atom. The topological polar surface area (TPSA) is 210 Å². The SMILES string of the molecule is CC(C)(C)OC(=O)NCC1CCC(C(=O)N[C@@H](Cc2ccc(-c3ccc(C(=O)NC4CCN(C(=O)OC(C)(C)C)CC4)cc3Cl)cc2)C(=O)Nc2ccc(-c3nn[nH]n3)cc2)CC1. The average molecular weight is 884 g/mol. The molecule has 5 N–H and O–H groups in total. The highest BCUT2D eigenvalue weighted by Gasteiger charge is 2.31. The zero-order valence-corrected chi connectivity index (χ0v) is 37.5. The monoisotopic (exact) mass is 883 g/mol. The summed E-state index contributed by atoms with van der Waals surface area (Å²) in [4.78, 5) is 67.1. The van der Waals surface area contributed by atoms with Crippen LogP contribution in [0.15, 0.2) is 66.7 Å². The van der Waals surface area contributed by atoms with E-state index in [1.807, 2.05) is 65.8 Å². The van der Waals surface area contributed by atoms with Gasteiger partial charge in [-0.15, -0.1) is 10.2 Å². The van der Waals surface area contributed by atoms with Gasteiger partial charge in [0.15, 0.2) is 0 Å². The predicted molar refractivity (Wildman–Crippen MR) is 239 cm³/mol. The van der Waals surface area contributed by atoms with Crippen LogP contribution in [-0.4, -0.2) is 98.4 Å². The summed E-state index contributed by atoms with van der Waals surface area (Å²) in [5.41, 5.74) is 2.88. The molecule has 1 atom stereocenters. The Labute approximate surface area is 373 Å². The molecule has 63 heavy (non-hydrogen) atoms. The van der Waals surface area contributed by atoms with Crippen LogP contribution in [0.3, 0.4) is 0 Å². The number of anilines is 1. The van der Waals surface area contributed by atoms with Crippen molar-refractivity contribution >= 4 is 47.2 Å². The lowest BCUT2D eigenvalue weighted by molar-refractivity contribution is -0.130. The van der Waals surface area contributed by atoms with E-state index in [1.54, 1.807) is 47.4 Å². The summed E-state index contributed by atoms with van der Waals surface area (Å²) in [6.07, 6.45) is 3.41. The molecule has 2 heterocycles. The number of halogens is 1. The molecule has 0 bridgehead atoms. The predicted octanol–water partition coefficient (Wildman–Crippen LogP) is 7.31. The molecule has 1 aliphatic carbocycles. The number of aromatic amines is 1. The molecule has 17 heteroatoms. The highest BCUT2D eigenvalue weighted by Crippen LogP contribution is 2.31. The second-order valence-corrected chi connectivity index (χ2v) is 18.7. The molecule has 0 spiro atoms. The fourth-order valence-electron chi connectivity index (χ4n) is 7.63. The van der Waals surface area contributed by atoms with Crippen LogP contribution >= 0.6 is 11.6 Å². The molecular weight excluding hydrogens is 826 g/mol. The van der Waals surface area contributed by atoms with E-state index in [4.69, 9.17) is 21.1 Å². The number of aromatic nitrogens is 4. The zero-order chi connectivity index (χ0) is 45.3. The largest absolute Gasteiger partial charge is 0.444 e. The molecule has 0 unspecified atom stereocenters. The van der Waals surface area contributed by atoms with Gasteiger partial charge in [0.05, 0.1) is 0 Å². The molecule has 4 aromatic rings. The van der Waals surface area contributed by atoms with Crippen LogP contribution in [0.4, 0.5) is 15.3 Å². The molecule has 16 nitrogen and oxygen atoms in total. The van der Waals surface area contributed by atoms with E-state index in [9.17, 15) is 24.0 Å². The van der Waals surface area contributed by atoms with Crippen molar-refractivity contribution in [3.8, 4) is 22.5 Å². The number of carbonyl (C=O) groups excluding carboxylic acids is 5. The maximum atomic E-state index is 13.9. The quantitative estimate of drug-likeness (QED) is 0.0958. The minimum absolute atomic E-state index is 0.0870. The second-order valence-electron chi connectivity index (χ2n) is 18.3. The minimum Gasteiger partial charge on any atom is -0.444 e. The lowest BCUT2D eigenvalue weighted by Gasteiger charge is -2.33. The van der Waals surface area contributed by atoms with Crippen LogP contribution in [-0.2, 0) is 25.5 Å². The second kappa shape index (κ2) is 20.4. The molecule has 5 amide bonds. The van der Waals surface area contributed by atoms with E-state index in [1.165, 1.54) is 0 Å². The smallest absolute Gasteiger partial charge is 0.410 e. The maximum Gasteiger partial charge on any atom is 0.410 e. The van der Waals surface area contributed by atoms with Gasteiger partial charge in [0.1, 0.15) is 17.2 Å². The molecule has 2 aliphatic rings. The number of hydrogen-bond acceptors (Lipinski definition) is 10. The molecule has 2 fully saturated rings. The first-order valence-corrected chi connectivity index (χ1v) is 21.9. The van der Waals surface area contributed by atoms with E-state index >= 15 is 0 Å². The van der Waals surface area contributed by atoms with Crippen molar-refractivity contribution in [1.82, 2.24) is 41.5 Å². The molecule has 336 valence electrons. The summed E-state index contributed by atoms with van der Waals surface area (Å²) in [7, 11) is 0. The summed E-state index contributed by atoms with van der Waals surface area (Å²) in [5, 5.41) is 26.3. The Balaban J connectivity index is 1.07. The fourth-order valence-corrected chi connectivity index (χ4v) is 7.92. The number of rotatable bonds is 12. The molecule has 1 aliphatic heterocycles. The molecule has 6 rings (SSSR count). The summed E-state index contributed by atoms with van der Waals surface area (Å²) >= 11 is 6.76. The highest BCUT2D eigenvalue weighted by atomic mass is 35.5. The van der Waals surface area contributed by atoms with Crippen molar-refractivity contribution in [3.05, 3.63) is 82.9 Å². The van der Waals surface area contributed by atoms with Crippen molar-refractivity contribution in [3.63, 3.8) is 0 Å². The Morgan fingerprint density at radius 1 is 0.825 bits per heavy atom. The number of hydrogen-bond donors (Lipinski definition) is 5. The van der Waals surface area contributed by atoms with Crippen LogP contribution in [0.1, 0.15) is 96.0 Å². The van der Waals surface area contributed by atoms with E-state index < -0.39 is 23.3 Å². The first-order valence-electron chi connectivity index (χ1n) is 21.5. The van der Waals surface area contributed by atoms with Crippen LogP contribution in [0.5, 0.6) is 0 Å². The molecule has 1 aromatic heterocycles. The number of tetrazole rings is 1. The number of amides is 5. The van der Waals surface area contributed by atoms with Crippen LogP contribution in [0, 0.1) is 11.8 Å². The van der Waals surface area contributed by atoms with E-state index in [2.05, 4.69) is 41.9 Å². The lowest BCUT2D eigenvalue weighted by atomic mass is 9.81. The van der Waals surface area contributed by atoms with Crippen molar-refractivity contribution in [1.29, 1.82) is 0 Å². The zero-order valence-electron chi connectivity index (χ0n) is 36.8. The van der Waals surface area contributed by atoms with Gasteiger partial charge in [-0.2, -0.15) is 5.21 Å².